The van der Waals surface area contributed by atoms with Crippen LogP contribution in [0.2, 0.25) is 0 Å². The number of aryl methyl sites for hydroxylation is 2. The molecule has 0 radical (unpaired) electrons. The van der Waals surface area contributed by atoms with E-state index in [2.05, 4.69) is 16.1 Å². The summed E-state index contributed by atoms with van der Waals surface area (Å²) in [5, 5.41) is 13.6. The first-order valence-corrected chi connectivity index (χ1v) is 5.44. The Kier molecular flexibility index (Phi) is 3.22. The highest BCUT2D eigenvalue weighted by atomic mass is 16.5. The van der Waals surface area contributed by atoms with Gasteiger partial charge in [-0.25, -0.2) is 0 Å². The Labute approximate surface area is 95.2 Å². The summed E-state index contributed by atoms with van der Waals surface area (Å²) in [5.74, 6) is 0. The van der Waals surface area contributed by atoms with Gasteiger partial charge in [-0.3, -0.25) is 9.58 Å². The predicted molar refractivity (Wildman–Crippen MR) is 58.7 cm³/mol. The van der Waals surface area contributed by atoms with Crippen molar-refractivity contribution in [3.8, 4) is 6.07 Å². The second kappa shape index (κ2) is 4.64. The first kappa shape index (κ1) is 11.1. The van der Waals surface area contributed by atoms with Crippen molar-refractivity contribution in [2.24, 2.45) is 7.05 Å². The minimum Gasteiger partial charge on any atom is -0.379 e. The van der Waals surface area contributed by atoms with Gasteiger partial charge < -0.3 is 4.74 Å². The monoisotopic (exact) mass is 220 g/mol. The van der Waals surface area contributed by atoms with Crippen LogP contribution in [-0.2, 0) is 11.8 Å². The molecule has 1 aromatic rings. The molecule has 5 nitrogen and oxygen atoms in total. The lowest BCUT2D eigenvalue weighted by atomic mass is 10.1. The summed E-state index contributed by atoms with van der Waals surface area (Å²) in [4.78, 5) is 2.15. The molecule has 0 N–H and O–H groups in total. The maximum atomic E-state index is 9.30. The summed E-state index contributed by atoms with van der Waals surface area (Å²) >= 11 is 0. The molecule has 0 saturated carbocycles. The summed E-state index contributed by atoms with van der Waals surface area (Å²) in [6.45, 7) is 4.98. The number of nitrogens with zero attached hydrogens (tertiary/aromatic N) is 4. The smallest absolute Gasteiger partial charge is 0.127 e. The summed E-state index contributed by atoms with van der Waals surface area (Å²) in [5.41, 5.74) is 1.94. The minimum absolute atomic E-state index is 0.197. The van der Waals surface area contributed by atoms with Crippen molar-refractivity contribution in [3.05, 3.63) is 17.5 Å². The van der Waals surface area contributed by atoms with Crippen molar-refractivity contribution in [2.45, 2.75) is 13.0 Å². The highest BCUT2D eigenvalue weighted by Crippen LogP contribution is 2.23. The van der Waals surface area contributed by atoms with E-state index in [1.54, 1.807) is 4.68 Å². The molecule has 0 spiro atoms. The lowest BCUT2D eigenvalue weighted by molar-refractivity contribution is 0.0265. The molecular formula is C11H16N4O. The van der Waals surface area contributed by atoms with E-state index in [1.807, 2.05) is 20.2 Å². The van der Waals surface area contributed by atoms with Crippen LogP contribution >= 0.6 is 0 Å². The van der Waals surface area contributed by atoms with Gasteiger partial charge in [-0.05, 0) is 6.92 Å². The van der Waals surface area contributed by atoms with Gasteiger partial charge in [0.05, 0.1) is 25.0 Å². The minimum atomic E-state index is -0.197. The van der Waals surface area contributed by atoms with Crippen LogP contribution in [0.4, 0.5) is 0 Å². The van der Waals surface area contributed by atoms with Crippen molar-refractivity contribution < 1.29 is 4.74 Å². The Morgan fingerprint density at radius 2 is 2.19 bits per heavy atom. The van der Waals surface area contributed by atoms with Gasteiger partial charge in [0.25, 0.3) is 0 Å². The van der Waals surface area contributed by atoms with E-state index in [4.69, 9.17) is 4.74 Å². The van der Waals surface area contributed by atoms with Crippen LogP contribution in [0.25, 0.3) is 0 Å². The van der Waals surface area contributed by atoms with E-state index < -0.39 is 0 Å². The van der Waals surface area contributed by atoms with Gasteiger partial charge in [-0.1, -0.05) is 0 Å². The van der Waals surface area contributed by atoms with Crippen LogP contribution in [0.3, 0.4) is 0 Å². The summed E-state index contributed by atoms with van der Waals surface area (Å²) < 4.78 is 7.05. The van der Waals surface area contributed by atoms with E-state index in [9.17, 15) is 5.26 Å². The quantitative estimate of drug-likeness (QED) is 0.733. The molecule has 2 heterocycles. The summed E-state index contributed by atoms with van der Waals surface area (Å²) in [6, 6.07) is 2.16. The number of morpholine rings is 1. The third-order valence-corrected chi connectivity index (χ3v) is 2.88. The number of hydrogen-bond donors (Lipinski definition) is 0. The van der Waals surface area contributed by atoms with Crippen molar-refractivity contribution in [2.75, 3.05) is 26.3 Å². The van der Waals surface area contributed by atoms with Gasteiger partial charge in [0, 0.05) is 31.9 Å². The third kappa shape index (κ3) is 2.08. The fraction of sp³-hybridized carbons (Fsp3) is 0.636. The molecule has 1 atom stereocenters. The normalized spacial score (nSPS) is 19.3. The molecule has 5 heteroatoms. The molecule has 16 heavy (non-hydrogen) atoms. The molecule has 1 saturated heterocycles. The van der Waals surface area contributed by atoms with Crippen molar-refractivity contribution in [3.63, 3.8) is 0 Å². The van der Waals surface area contributed by atoms with E-state index in [0.717, 1.165) is 24.3 Å². The topological polar surface area (TPSA) is 54.1 Å². The van der Waals surface area contributed by atoms with Gasteiger partial charge in [-0.15, -0.1) is 0 Å². The molecule has 2 rings (SSSR count). The van der Waals surface area contributed by atoms with Crippen LogP contribution in [0.5, 0.6) is 0 Å². The average Bonchev–Trinajstić information content (AvgIpc) is 2.61. The maximum Gasteiger partial charge on any atom is 0.127 e. The largest absolute Gasteiger partial charge is 0.379 e. The highest BCUT2D eigenvalue weighted by Gasteiger charge is 2.24. The number of ether oxygens (including phenoxy) is 1. The second-order valence-corrected chi connectivity index (χ2v) is 4.02. The number of aromatic nitrogens is 2. The maximum absolute atomic E-state index is 9.30. The Morgan fingerprint density at radius 3 is 2.69 bits per heavy atom. The van der Waals surface area contributed by atoms with Crippen LogP contribution in [0, 0.1) is 18.3 Å². The zero-order valence-electron chi connectivity index (χ0n) is 9.68. The number of rotatable bonds is 2. The van der Waals surface area contributed by atoms with Crippen LogP contribution in [0.1, 0.15) is 17.3 Å². The van der Waals surface area contributed by atoms with Crippen LogP contribution < -0.4 is 0 Å². The molecule has 0 bridgehead atoms. The third-order valence-electron chi connectivity index (χ3n) is 2.88. The van der Waals surface area contributed by atoms with Gasteiger partial charge in [0.2, 0.25) is 0 Å². The van der Waals surface area contributed by atoms with Gasteiger partial charge in [0.1, 0.15) is 6.04 Å². The molecule has 1 aliphatic heterocycles. The lowest BCUT2D eigenvalue weighted by Crippen LogP contribution is -2.38. The molecule has 1 aromatic heterocycles. The van der Waals surface area contributed by atoms with Gasteiger partial charge >= 0.3 is 0 Å². The lowest BCUT2D eigenvalue weighted by Gasteiger charge is -2.30. The molecule has 1 aliphatic rings. The Bertz CT molecular complexity index is 401. The second-order valence-electron chi connectivity index (χ2n) is 4.02. The van der Waals surface area contributed by atoms with Gasteiger partial charge in [0.15, 0.2) is 0 Å². The summed E-state index contributed by atoms with van der Waals surface area (Å²) in [7, 11) is 1.88. The molecule has 1 unspecified atom stereocenters. The van der Waals surface area contributed by atoms with Gasteiger partial charge in [-0.2, -0.15) is 10.4 Å². The SMILES string of the molecule is Cc1nn(C)cc1C(C#N)N1CCOCC1. The van der Waals surface area contributed by atoms with Crippen molar-refractivity contribution in [1.82, 2.24) is 14.7 Å². The van der Waals surface area contributed by atoms with E-state index >= 15 is 0 Å². The molecule has 1 fully saturated rings. The fourth-order valence-corrected chi connectivity index (χ4v) is 2.07. The zero-order chi connectivity index (χ0) is 11.5. The van der Waals surface area contributed by atoms with Crippen molar-refractivity contribution >= 4 is 0 Å². The fourth-order valence-electron chi connectivity index (χ4n) is 2.07. The predicted octanol–water partition coefficient (Wildman–Crippen LogP) is 0.625. The first-order valence-electron chi connectivity index (χ1n) is 5.44. The molecule has 0 aromatic carbocycles. The number of hydrogen-bond acceptors (Lipinski definition) is 4. The highest BCUT2D eigenvalue weighted by molar-refractivity contribution is 5.25. The Morgan fingerprint density at radius 1 is 1.50 bits per heavy atom. The van der Waals surface area contributed by atoms with Crippen LogP contribution in [0.15, 0.2) is 6.20 Å². The summed E-state index contributed by atoms with van der Waals surface area (Å²) in [6.07, 6.45) is 1.93. The van der Waals surface area contributed by atoms with Crippen LogP contribution in [-0.4, -0.2) is 41.0 Å². The molecule has 0 aliphatic carbocycles. The van der Waals surface area contributed by atoms with Crippen molar-refractivity contribution in [1.29, 1.82) is 5.26 Å². The van der Waals surface area contributed by atoms with E-state index in [-0.39, 0.29) is 6.04 Å². The Balaban J connectivity index is 2.22. The Hall–Kier alpha value is -1.38. The zero-order valence-corrected chi connectivity index (χ0v) is 9.68. The van der Waals surface area contributed by atoms with E-state index in [1.165, 1.54) is 0 Å². The first-order chi connectivity index (χ1) is 7.72. The molecular weight excluding hydrogens is 204 g/mol. The standard InChI is InChI=1S/C11H16N4O/c1-9-10(8-14(2)13-9)11(7-12)15-3-5-16-6-4-15/h8,11H,3-6H2,1-2H3. The van der Waals surface area contributed by atoms with E-state index in [0.29, 0.717) is 13.2 Å². The number of nitriles is 1. The molecule has 86 valence electrons. The molecule has 0 amide bonds. The average molecular weight is 220 g/mol.